The minimum absolute atomic E-state index is 0.0135. The van der Waals surface area contributed by atoms with Crippen LogP contribution in [0.1, 0.15) is 25.7 Å². The number of piperidine rings is 1. The van der Waals surface area contributed by atoms with Gasteiger partial charge in [-0.2, -0.15) is 5.10 Å². The highest BCUT2D eigenvalue weighted by Crippen LogP contribution is 2.32. The van der Waals surface area contributed by atoms with Crippen molar-refractivity contribution in [1.29, 1.82) is 0 Å². The van der Waals surface area contributed by atoms with E-state index < -0.39 is 24.4 Å². The highest BCUT2D eigenvalue weighted by atomic mass is 35.5. The van der Waals surface area contributed by atoms with Crippen LogP contribution in [0.3, 0.4) is 0 Å². The molecule has 2 aliphatic rings. The first-order valence-electron chi connectivity index (χ1n) is 10.6. The largest absolute Gasteiger partial charge is 0.522 e. The summed E-state index contributed by atoms with van der Waals surface area (Å²) in [5.74, 6) is -0.801. The minimum Gasteiger partial charge on any atom is -0.369 e. The molecule has 7 nitrogen and oxygen atoms in total. The standard InChI is InChI=1S/C21H23ClF4N4O3/c22-18-2-1-14(7-19(18)23)30-11-15(10-27-30)29-5-3-13(4-6-29)28-20(31)12-32-16-8-17(9-16)33-21(24,25)26/h1-2,7,10-11,13,16-17H,3-6,8-9,12H2,(H,28,31)/t16-,17-. The van der Waals surface area contributed by atoms with E-state index in [-0.39, 0.29) is 36.4 Å². The molecule has 0 spiro atoms. The zero-order chi connectivity index (χ0) is 23.6. The number of ether oxygens (including phenoxy) is 2. The van der Waals surface area contributed by atoms with E-state index in [4.69, 9.17) is 16.3 Å². The Balaban J connectivity index is 1.17. The van der Waals surface area contributed by atoms with Gasteiger partial charge < -0.3 is 15.0 Å². The average molecular weight is 491 g/mol. The van der Waals surface area contributed by atoms with Crippen LogP contribution in [0.2, 0.25) is 5.02 Å². The third kappa shape index (κ3) is 6.36. The van der Waals surface area contributed by atoms with Crippen molar-refractivity contribution < 1.29 is 31.8 Å². The number of carbonyl (C=O) groups excluding carboxylic acids is 1. The first-order valence-corrected chi connectivity index (χ1v) is 10.9. The maximum absolute atomic E-state index is 13.7. The number of benzene rings is 1. The quantitative estimate of drug-likeness (QED) is 0.597. The lowest BCUT2D eigenvalue weighted by atomic mass is 9.92. The predicted molar refractivity (Wildman–Crippen MR) is 112 cm³/mol. The monoisotopic (exact) mass is 490 g/mol. The molecular formula is C21H23ClF4N4O3. The van der Waals surface area contributed by atoms with Crippen molar-refractivity contribution in [2.45, 2.75) is 50.3 Å². The Morgan fingerprint density at radius 1 is 1.18 bits per heavy atom. The Kier molecular flexibility index (Phi) is 7.10. The fourth-order valence-corrected chi connectivity index (χ4v) is 4.05. The van der Waals surface area contributed by atoms with Gasteiger partial charge in [-0.15, -0.1) is 13.2 Å². The molecule has 12 heteroatoms. The molecule has 0 atom stereocenters. The zero-order valence-corrected chi connectivity index (χ0v) is 18.3. The van der Waals surface area contributed by atoms with Gasteiger partial charge in [0.05, 0.1) is 41.0 Å². The number of halogens is 5. The Bertz CT molecular complexity index is 973. The summed E-state index contributed by atoms with van der Waals surface area (Å²) in [6.07, 6.45) is -0.731. The second-order valence-corrected chi connectivity index (χ2v) is 8.57. The van der Waals surface area contributed by atoms with E-state index in [1.165, 1.54) is 12.1 Å². The average Bonchev–Trinajstić information content (AvgIpc) is 3.21. The SMILES string of the molecule is O=C(CO[C@H]1C[C@H](OC(F)(F)F)C1)NC1CCN(c2cnn(-c3ccc(Cl)c(F)c3)c2)CC1. The molecule has 180 valence electrons. The van der Waals surface area contributed by atoms with E-state index in [9.17, 15) is 22.4 Å². The van der Waals surface area contributed by atoms with Gasteiger partial charge in [-0.3, -0.25) is 9.53 Å². The lowest BCUT2D eigenvalue weighted by molar-refractivity contribution is -0.357. The van der Waals surface area contributed by atoms with Crippen LogP contribution in [0.15, 0.2) is 30.6 Å². The van der Waals surface area contributed by atoms with Crippen LogP contribution in [0, 0.1) is 5.82 Å². The summed E-state index contributed by atoms with van der Waals surface area (Å²) in [4.78, 5) is 14.2. The van der Waals surface area contributed by atoms with Gasteiger partial charge in [-0.25, -0.2) is 9.07 Å². The van der Waals surface area contributed by atoms with Crippen molar-refractivity contribution in [3.8, 4) is 5.69 Å². The molecule has 2 heterocycles. The summed E-state index contributed by atoms with van der Waals surface area (Å²) in [6, 6.07) is 4.46. The Morgan fingerprint density at radius 2 is 1.91 bits per heavy atom. The van der Waals surface area contributed by atoms with Gasteiger partial charge in [-0.1, -0.05) is 11.6 Å². The maximum Gasteiger partial charge on any atom is 0.522 e. The molecule has 1 aliphatic heterocycles. The van der Waals surface area contributed by atoms with Crippen molar-refractivity contribution in [2.24, 2.45) is 0 Å². The lowest BCUT2D eigenvalue weighted by Gasteiger charge is -2.35. The molecular weight excluding hydrogens is 468 g/mol. The van der Waals surface area contributed by atoms with Crippen LogP contribution in [0.25, 0.3) is 5.69 Å². The van der Waals surface area contributed by atoms with Crippen LogP contribution in [-0.2, 0) is 14.3 Å². The number of aromatic nitrogens is 2. The van der Waals surface area contributed by atoms with Crippen LogP contribution >= 0.6 is 11.6 Å². The number of rotatable bonds is 7. The molecule has 0 unspecified atom stereocenters. The van der Waals surface area contributed by atoms with Gasteiger partial charge in [0, 0.05) is 38.0 Å². The fraction of sp³-hybridized carbons (Fsp3) is 0.524. The normalized spacial score (nSPS) is 21.7. The molecule has 1 aliphatic carbocycles. The maximum atomic E-state index is 13.7. The van der Waals surface area contributed by atoms with E-state index in [0.717, 1.165) is 18.5 Å². The second-order valence-electron chi connectivity index (χ2n) is 8.16. The Hall–Kier alpha value is -2.37. The third-order valence-electron chi connectivity index (χ3n) is 5.76. The predicted octanol–water partition coefficient (Wildman–Crippen LogP) is 3.83. The summed E-state index contributed by atoms with van der Waals surface area (Å²) in [7, 11) is 0. The number of nitrogens with zero attached hydrogens (tertiary/aromatic N) is 3. The number of alkyl halides is 3. The molecule has 1 aromatic carbocycles. The van der Waals surface area contributed by atoms with Crippen LogP contribution < -0.4 is 10.2 Å². The van der Waals surface area contributed by atoms with Crippen molar-refractivity contribution >= 4 is 23.2 Å². The van der Waals surface area contributed by atoms with Gasteiger partial charge in [0.2, 0.25) is 5.91 Å². The number of nitrogens with one attached hydrogen (secondary N) is 1. The molecule has 0 radical (unpaired) electrons. The molecule has 1 N–H and O–H groups in total. The first kappa shape index (κ1) is 23.8. The van der Waals surface area contributed by atoms with Crippen molar-refractivity contribution in [1.82, 2.24) is 15.1 Å². The third-order valence-corrected chi connectivity index (χ3v) is 6.07. The van der Waals surface area contributed by atoms with Gasteiger partial charge in [0.15, 0.2) is 0 Å². The summed E-state index contributed by atoms with van der Waals surface area (Å²) in [6.45, 7) is 1.21. The Labute approximate surface area is 192 Å². The molecule has 2 aromatic rings. The zero-order valence-electron chi connectivity index (χ0n) is 17.5. The molecule has 1 aromatic heterocycles. The minimum atomic E-state index is -4.64. The molecule has 4 rings (SSSR count). The summed E-state index contributed by atoms with van der Waals surface area (Å²) in [5, 5.41) is 7.25. The van der Waals surface area contributed by atoms with E-state index in [1.807, 2.05) is 6.20 Å². The lowest BCUT2D eigenvalue weighted by Crippen LogP contribution is -2.47. The summed E-state index contributed by atoms with van der Waals surface area (Å²) >= 11 is 5.72. The number of carbonyl (C=O) groups is 1. The number of hydrogen-bond acceptors (Lipinski definition) is 5. The first-order chi connectivity index (χ1) is 15.7. The van der Waals surface area contributed by atoms with Crippen LogP contribution in [0.4, 0.5) is 23.2 Å². The topological polar surface area (TPSA) is 68.6 Å². The van der Waals surface area contributed by atoms with Gasteiger partial charge in [0.1, 0.15) is 12.4 Å². The van der Waals surface area contributed by atoms with E-state index in [0.29, 0.717) is 18.8 Å². The van der Waals surface area contributed by atoms with Crippen molar-refractivity contribution in [2.75, 3.05) is 24.6 Å². The summed E-state index contributed by atoms with van der Waals surface area (Å²) in [5.41, 5.74) is 1.45. The number of hydrogen-bond donors (Lipinski definition) is 1. The van der Waals surface area contributed by atoms with Crippen LogP contribution in [0.5, 0.6) is 0 Å². The second kappa shape index (κ2) is 9.86. The Morgan fingerprint density at radius 3 is 2.58 bits per heavy atom. The molecule has 0 bridgehead atoms. The van der Waals surface area contributed by atoms with E-state index in [2.05, 4.69) is 20.1 Å². The van der Waals surface area contributed by atoms with Gasteiger partial charge >= 0.3 is 6.36 Å². The number of amides is 1. The molecule has 1 amide bonds. The van der Waals surface area contributed by atoms with E-state index in [1.54, 1.807) is 16.9 Å². The molecule has 33 heavy (non-hydrogen) atoms. The molecule has 1 saturated heterocycles. The molecule has 2 fully saturated rings. The summed E-state index contributed by atoms with van der Waals surface area (Å²) < 4.78 is 60.9. The fourth-order valence-electron chi connectivity index (χ4n) is 3.93. The van der Waals surface area contributed by atoms with Gasteiger partial charge in [0.25, 0.3) is 0 Å². The highest BCUT2D eigenvalue weighted by molar-refractivity contribution is 6.30. The molecule has 1 saturated carbocycles. The van der Waals surface area contributed by atoms with Gasteiger partial charge in [-0.05, 0) is 25.0 Å². The van der Waals surface area contributed by atoms with E-state index >= 15 is 0 Å². The van der Waals surface area contributed by atoms with Crippen LogP contribution in [-0.4, -0.2) is 60.0 Å². The van der Waals surface area contributed by atoms with Crippen molar-refractivity contribution in [3.05, 3.63) is 41.4 Å². The van der Waals surface area contributed by atoms with Crippen molar-refractivity contribution in [3.63, 3.8) is 0 Å². The number of anilines is 1. The highest BCUT2D eigenvalue weighted by Gasteiger charge is 2.40. The smallest absolute Gasteiger partial charge is 0.369 e.